The Bertz CT molecular complexity index is 1330. The minimum Gasteiger partial charge on any atom is -0.303 e. The van der Waals surface area contributed by atoms with Gasteiger partial charge in [0, 0.05) is 12.4 Å². The van der Waals surface area contributed by atoms with E-state index in [9.17, 15) is 4.79 Å². The van der Waals surface area contributed by atoms with Crippen molar-refractivity contribution < 1.29 is 0 Å². The van der Waals surface area contributed by atoms with Crippen molar-refractivity contribution in [1.29, 1.82) is 0 Å². The number of aromatic amines is 1. The molecular formula is C21H21N7O. The lowest BCUT2D eigenvalue weighted by molar-refractivity contribution is 0.771. The number of aromatic nitrogens is 7. The predicted octanol–water partition coefficient (Wildman–Crippen LogP) is 3.24. The minimum absolute atomic E-state index is 0.230. The van der Waals surface area contributed by atoms with Gasteiger partial charge in [-0.25, -0.2) is 14.8 Å². The maximum atomic E-state index is 12.4. The van der Waals surface area contributed by atoms with Crippen molar-refractivity contribution in [2.45, 2.75) is 27.3 Å². The molecule has 0 spiro atoms. The summed E-state index contributed by atoms with van der Waals surface area (Å²) < 4.78 is 3.40. The summed E-state index contributed by atoms with van der Waals surface area (Å²) in [6.45, 7) is 6.41. The highest BCUT2D eigenvalue weighted by Crippen LogP contribution is 2.18. The van der Waals surface area contributed by atoms with Crippen LogP contribution in [0, 0.1) is 6.92 Å². The minimum atomic E-state index is -0.230. The number of hydrogen-bond donors (Lipinski definition) is 1. The van der Waals surface area contributed by atoms with Crippen LogP contribution in [0.1, 0.15) is 25.0 Å². The number of hydrogen-bond acceptors (Lipinski definition) is 5. The maximum absolute atomic E-state index is 12.4. The number of fused-ring (bicyclic) bond motifs is 2. The molecule has 0 aliphatic carbocycles. The Morgan fingerprint density at radius 1 is 1.10 bits per heavy atom. The molecular weight excluding hydrogens is 366 g/mol. The number of aryl methyl sites for hydroxylation is 1. The van der Waals surface area contributed by atoms with Crippen LogP contribution in [0.3, 0.4) is 0 Å². The maximum Gasteiger partial charge on any atom is 0.328 e. The Morgan fingerprint density at radius 2 is 1.97 bits per heavy atom. The third kappa shape index (κ3) is 3.40. The zero-order valence-electron chi connectivity index (χ0n) is 16.5. The SMILES string of the molecule is CC.Cc1ccc2c(c1)ncn2-c1ncc2[nH]c(=O)n(Cc3cccnc3)c2n1. The van der Waals surface area contributed by atoms with Crippen LogP contribution in [0.4, 0.5) is 0 Å². The van der Waals surface area contributed by atoms with E-state index >= 15 is 0 Å². The van der Waals surface area contributed by atoms with Crippen molar-refractivity contribution in [3.05, 3.63) is 76.9 Å². The number of benzene rings is 1. The van der Waals surface area contributed by atoms with Crippen LogP contribution in [0.25, 0.3) is 28.1 Å². The first-order valence-electron chi connectivity index (χ1n) is 9.47. The number of nitrogens with one attached hydrogen (secondary N) is 1. The quantitative estimate of drug-likeness (QED) is 0.513. The van der Waals surface area contributed by atoms with Crippen LogP contribution in [0.2, 0.25) is 0 Å². The summed E-state index contributed by atoms with van der Waals surface area (Å²) in [4.78, 5) is 32.8. The van der Waals surface area contributed by atoms with Gasteiger partial charge in [0.2, 0.25) is 5.95 Å². The molecule has 5 aromatic rings. The molecule has 0 saturated carbocycles. The Balaban J connectivity index is 0.000000994. The number of nitrogens with zero attached hydrogens (tertiary/aromatic N) is 6. The molecule has 0 atom stereocenters. The molecule has 0 unspecified atom stereocenters. The Hall–Kier alpha value is -3.81. The van der Waals surface area contributed by atoms with Crippen LogP contribution in [-0.2, 0) is 6.54 Å². The molecule has 8 heteroatoms. The Labute approximate surface area is 166 Å². The molecule has 0 fully saturated rings. The van der Waals surface area contributed by atoms with Gasteiger partial charge in [0.25, 0.3) is 0 Å². The third-order valence-electron chi connectivity index (χ3n) is 4.48. The zero-order valence-corrected chi connectivity index (χ0v) is 16.5. The van der Waals surface area contributed by atoms with Crippen LogP contribution in [0.5, 0.6) is 0 Å². The molecule has 4 aromatic heterocycles. The number of pyridine rings is 1. The van der Waals surface area contributed by atoms with E-state index in [-0.39, 0.29) is 5.69 Å². The second-order valence-electron chi connectivity index (χ2n) is 6.39. The Kier molecular flexibility index (Phi) is 4.90. The highest BCUT2D eigenvalue weighted by Gasteiger charge is 2.13. The van der Waals surface area contributed by atoms with Gasteiger partial charge in [0.05, 0.1) is 23.8 Å². The first kappa shape index (κ1) is 18.5. The van der Waals surface area contributed by atoms with Gasteiger partial charge in [-0.3, -0.25) is 14.1 Å². The molecule has 5 rings (SSSR count). The topological polar surface area (TPSA) is 94.3 Å². The third-order valence-corrected chi connectivity index (χ3v) is 4.48. The Morgan fingerprint density at radius 3 is 2.76 bits per heavy atom. The molecule has 1 N–H and O–H groups in total. The molecule has 0 aliphatic heterocycles. The fourth-order valence-corrected chi connectivity index (χ4v) is 3.16. The largest absolute Gasteiger partial charge is 0.328 e. The van der Waals surface area contributed by atoms with Crippen molar-refractivity contribution in [3.8, 4) is 5.95 Å². The van der Waals surface area contributed by atoms with Gasteiger partial charge in [-0.05, 0) is 36.2 Å². The lowest BCUT2D eigenvalue weighted by Crippen LogP contribution is -2.18. The van der Waals surface area contributed by atoms with Crippen molar-refractivity contribution in [1.82, 2.24) is 34.1 Å². The predicted molar refractivity (Wildman–Crippen MR) is 112 cm³/mol. The van der Waals surface area contributed by atoms with E-state index < -0.39 is 0 Å². The smallest absolute Gasteiger partial charge is 0.303 e. The summed E-state index contributed by atoms with van der Waals surface area (Å²) in [6, 6.07) is 9.79. The van der Waals surface area contributed by atoms with E-state index in [1.54, 1.807) is 29.5 Å². The second-order valence-corrected chi connectivity index (χ2v) is 6.39. The van der Waals surface area contributed by atoms with Gasteiger partial charge in [0.1, 0.15) is 11.8 Å². The van der Waals surface area contributed by atoms with Crippen molar-refractivity contribution in [3.63, 3.8) is 0 Å². The van der Waals surface area contributed by atoms with Crippen molar-refractivity contribution in [2.24, 2.45) is 0 Å². The van der Waals surface area contributed by atoms with E-state index in [0.29, 0.717) is 23.7 Å². The van der Waals surface area contributed by atoms with E-state index in [1.807, 2.05) is 55.7 Å². The highest BCUT2D eigenvalue weighted by molar-refractivity contribution is 5.78. The van der Waals surface area contributed by atoms with Crippen LogP contribution < -0.4 is 5.69 Å². The van der Waals surface area contributed by atoms with E-state index in [1.165, 1.54) is 0 Å². The van der Waals surface area contributed by atoms with Crippen molar-refractivity contribution >= 4 is 22.2 Å². The van der Waals surface area contributed by atoms with Crippen LogP contribution in [0.15, 0.2) is 60.0 Å². The molecule has 0 aliphatic rings. The fourth-order valence-electron chi connectivity index (χ4n) is 3.16. The average molecular weight is 387 g/mol. The van der Waals surface area contributed by atoms with Gasteiger partial charge < -0.3 is 4.98 Å². The van der Waals surface area contributed by atoms with E-state index in [4.69, 9.17) is 0 Å². The normalized spacial score (nSPS) is 10.9. The van der Waals surface area contributed by atoms with E-state index in [2.05, 4.69) is 24.9 Å². The standard InChI is InChI=1S/C19H15N7O.C2H6/c1-12-4-5-16-14(7-12)22-11-26(16)18-21-9-15-17(24-18)25(19(27)23-15)10-13-3-2-6-20-8-13;1-2/h2-9,11H,10H2,1H3,(H,23,27);1-2H3. The summed E-state index contributed by atoms with van der Waals surface area (Å²) in [7, 11) is 0. The van der Waals surface area contributed by atoms with Gasteiger partial charge in [-0.15, -0.1) is 0 Å². The molecule has 29 heavy (non-hydrogen) atoms. The van der Waals surface area contributed by atoms with Gasteiger partial charge in [-0.1, -0.05) is 26.0 Å². The fraction of sp³-hybridized carbons (Fsp3) is 0.190. The van der Waals surface area contributed by atoms with Gasteiger partial charge >= 0.3 is 5.69 Å². The summed E-state index contributed by atoms with van der Waals surface area (Å²) in [5.41, 5.74) is 4.75. The molecule has 1 aromatic carbocycles. The first-order valence-corrected chi connectivity index (χ1v) is 9.47. The molecule has 0 amide bonds. The number of H-pyrrole nitrogens is 1. The summed E-state index contributed by atoms with van der Waals surface area (Å²) in [6.07, 6.45) is 6.76. The summed E-state index contributed by atoms with van der Waals surface area (Å²) in [5, 5.41) is 0. The van der Waals surface area contributed by atoms with Crippen LogP contribution >= 0.6 is 0 Å². The van der Waals surface area contributed by atoms with Gasteiger partial charge in [0.15, 0.2) is 5.65 Å². The lowest BCUT2D eigenvalue weighted by Gasteiger charge is -2.05. The molecule has 0 bridgehead atoms. The highest BCUT2D eigenvalue weighted by atomic mass is 16.1. The van der Waals surface area contributed by atoms with Crippen molar-refractivity contribution in [2.75, 3.05) is 0 Å². The zero-order chi connectivity index (χ0) is 20.4. The summed E-state index contributed by atoms with van der Waals surface area (Å²) in [5.74, 6) is 0.466. The monoisotopic (exact) mass is 387 g/mol. The molecule has 8 nitrogen and oxygen atoms in total. The molecule has 0 saturated heterocycles. The summed E-state index contributed by atoms with van der Waals surface area (Å²) >= 11 is 0. The molecule has 146 valence electrons. The first-order chi connectivity index (χ1) is 14.2. The average Bonchev–Trinajstić information content (AvgIpc) is 3.30. The van der Waals surface area contributed by atoms with Gasteiger partial charge in [-0.2, -0.15) is 4.98 Å². The molecule has 4 heterocycles. The van der Waals surface area contributed by atoms with E-state index in [0.717, 1.165) is 22.2 Å². The molecule has 0 radical (unpaired) electrons. The number of imidazole rings is 2. The van der Waals surface area contributed by atoms with Crippen LogP contribution in [-0.4, -0.2) is 34.1 Å². The second kappa shape index (κ2) is 7.67. The lowest BCUT2D eigenvalue weighted by atomic mass is 10.2. The number of rotatable bonds is 3.